The highest BCUT2D eigenvalue weighted by atomic mass is 32.1. The quantitative estimate of drug-likeness (QED) is 0.759. The molecule has 1 aromatic carbocycles. The molecular weight excluding hydrogens is 332 g/mol. The van der Waals surface area contributed by atoms with Gasteiger partial charge in [-0.25, -0.2) is 4.98 Å². The van der Waals surface area contributed by atoms with E-state index in [4.69, 9.17) is 5.73 Å². The van der Waals surface area contributed by atoms with Crippen molar-refractivity contribution in [2.24, 2.45) is 23.5 Å². The summed E-state index contributed by atoms with van der Waals surface area (Å²) in [6.45, 7) is 0. The molecule has 5 rings (SSSR count). The van der Waals surface area contributed by atoms with E-state index in [0.29, 0.717) is 11.8 Å². The van der Waals surface area contributed by atoms with Crippen LogP contribution < -0.4 is 11.1 Å². The lowest BCUT2D eigenvalue weighted by Crippen LogP contribution is -2.23. The van der Waals surface area contributed by atoms with Crippen molar-refractivity contribution in [3.05, 3.63) is 42.7 Å². The van der Waals surface area contributed by atoms with Crippen LogP contribution in [0.5, 0.6) is 0 Å². The van der Waals surface area contributed by atoms with Crippen LogP contribution in [-0.4, -0.2) is 21.9 Å². The number of amides is 1. The van der Waals surface area contributed by atoms with Crippen molar-refractivity contribution < 1.29 is 4.79 Å². The Balaban J connectivity index is 1.35. The minimum atomic E-state index is 0.102. The highest BCUT2D eigenvalue weighted by Gasteiger charge is 2.58. The number of carbonyl (C=O) groups excluding carboxylic acids is 1. The minimum Gasteiger partial charge on any atom is -0.328 e. The molecule has 2 aliphatic rings. The summed E-state index contributed by atoms with van der Waals surface area (Å²) >= 11 is 1.63. The van der Waals surface area contributed by atoms with Crippen LogP contribution in [0.1, 0.15) is 12.8 Å². The summed E-state index contributed by atoms with van der Waals surface area (Å²) in [5, 5.41) is 3.94. The first-order valence-corrected chi connectivity index (χ1v) is 9.38. The molecule has 6 heteroatoms. The van der Waals surface area contributed by atoms with Gasteiger partial charge in [0.2, 0.25) is 5.91 Å². The standard InChI is InChI=1S/C19H18N4OS/c20-11-6-13-14(7-11)17(13)18(24)22-12-5-10(8-21-9-12)19-23-15-3-1-2-4-16(15)25-19/h1-5,8-9,11,13-14,17H,6-7,20H2,(H,22,24). The zero-order valence-electron chi connectivity index (χ0n) is 13.6. The van der Waals surface area contributed by atoms with Gasteiger partial charge in [0.25, 0.3) is 0 Å². The summed E-state index contributed by atoms with van der Waals surface area (Å²) < 4.78 is 1.15. The molecule has 2 unspecified atom stereocenters. The van der Waals surface area contributed by atoms with Crippen LogP contribution in [0.15, 0.2) is 42.7 Å². The lowest BCUT2D eigenvalue weighted by Gasteiger charge is -2.10. The van der Waals surface area contributed by atoms with Gasteiger partial charge in [-0.3, -0.25) is 9.78 Å². The predicted octanol–water partition coefficient (Wildman–Crippen LogP) is 3.28. The van der Waals surface area contributed by atoms with Crippen LogP contribution in [-0.2, 0) is 4.79 Å². The van der Waals surface area contributed by atoms with Gasteiger partial charge in [0.05, 0.1) is 22.1 Å². The zero-order valence-corrected chi connectivity index (χ0v) is 14.4. The Labute approximate surface area is 149 Å². The third kappa shape index (κ3) is 2.62. The highest BCUT2D eigenvalue weighted by Crippen LogP contribution is 2.57. The molecule has 2 heterocycles. The second-order valence-electron chi connectivity index (χ2n) is 7.02. The molecule has 0 bridgehead atoms. The van der Waals surface area contributed by atoms with E-state index in [0.717, 1.165) is 39.3 Å². The molecule has 2 saturated carbocycles. The fraction of sp³-hybridized carbons (Fsp3) is 0.316. The van der Waals surface area contributed by atoms with Crippen molar-refractivity contribution in [1.82, 2.24) is 9.97 Å². The second-order valence-corrected chi connectivity index (χ2v) is 8.05. The molecule has 0 spiro atoms. The fourth-order valence-corrected chi connectivity index (χ4v) is 5.07. The van der Waals surface area contributed by atoms with Gasteiger partial charge in [0.15, 0.2) is 0 Å². The SMILES string of the molecule is NC1CC2C(C1)C2C(=O)Nc1cncc(-c2nc3ccccc3s2)c1. The van der Waals surface area contributed by atoms with Gasteiger partial charge in [-0.1, -0.05) is 12.1 Å². The molecule has 1 amide bonds. The largest absolute Gasteiger partial charge is 0.328 e. The number of anilines is 1. The van der Waals surface area contributed by atoms with Crippen LogP contribution in [0.3, 0.4) is 0 Å². The topological polar surface area (TPSA) is 80.9 Å². The molecule has 5 nitrogen and oxygen atoms in total. The van der Waals surface area contributed by atoms with Crippen LogP contribution >= 0.6 is 11.3 Å². The first-order valence-electron chi connectivity index (χ1n) is 8.56. The van der Waals surface area contributed by atoms with Gasteiger partial charge in [-0.05, 0) is 42.9 Å². The van der Waals surface area contributed by atoms with Gasteiger partial charge in [-0.15, -0.1) is 11.3 Å². The summed E-state index contributed by atoms with van der Waals surface area (Å²) in [5.41, 5.74) is 8.58. The number of carbonyl (C=O) groups is 1. The minimum absolute atomic E-state index is 0.102. The number of nitrogens with zero attached hydrogens (tertiary/aromatic N) is 2. The lowest BCUT2D eigenvalue weighted by molar-refractivity contribution is -0.118. The van der Waals surface area contributed by atoms with E-state index in [1.54, 1.807) is 23.7 Å². The van der Waals surface area contributed by atoms with Crippen molar-refractivity contribution in [3.63, 3.8) is 0 Å². The lowest BCUT2D eigenvalue weighted by atomic mass is 10.1. The van der Waals surface area contributed by atoms with E-state index >= 15 is 0 Å². The maximum Gasteiger partial charge on any atom is 0.228 e. The number of hydrogen-bond acceptors (Lipinski definition) is 5. The number of fused-ring (bicyclic) bond motifs is 2. The van der Waals surface area contributed by atoms with Gasteiger partial charge in [0.1, 0.15) is 5.01 Å². The maximum absolute atomic E-state index is 12.5. The number of nitrogens with one attached hydrogen (secondary N) is 1. The molecule has 0 radical (unpaired) electrons. The average molecular weight is 350 g/mol. The highest BCUT2D eigenvalue weighted by molar-refractivity contribution is 7.21. The molecule has 25 heavy (non-hydrogen) atoms. The third-order valence-corrected chi connectivity index (χ3v) is 6.42. The molecule has 126 valence electrons. The Morgan fingerprint density at radius 2 is 2.00 bits per heavy atom. The van der Waals surface area contributed by atoms with E-state index in [1.807, 2.05) is 24.3 Å². The molecule has 2 aromatic heterocycles. The van der Waals surface area contributed by atoms with E-state index in [-0.39, 0.29) is 17.9 Å². The number of benzene rings is 1. The second kappa shape index (κ2) is 5.61. The number of thiazole rings is 1. The summed E-state index contributed by atoms with van der Waals surface area (Å²) in [6, 6.07) is 10.3. The third-order valence-electron chi connectivity index (χ3n) is 5.33. The van der Waals surface area contributed by atoms with Gasteiger partial charge in [-0.2, -0.15) is 0 Å². The van der Waals surface area contributed by atoms with Crippen molar-refractivity contribution in [3.8, 4) is 10.6 Å². The Hall–Kier alpha value is -2.31. The Kier molecular flexibility index (Phi) is 3.36. The molecule has 2 atom stereocenters. The molecule has 0 saturated heterocycles. The maximum atomic E-state index is 12.5. The first kappa shape index (κ1) is 15.0. The molecule has 2 fully saturated rings. The smallest absolute Gasteiger partial charge is 0.228 e. The normalized spacial score (nSPS) is 27.2. The van der Waals surface area contributed by atoms with Crippen LogP contribution in [0.2, 0.25) is 0 Å². The van der Waals surface area contributed by atoms with Crippen molar-refractivity contribution >= 4 is 33.1 Å². The van der Waals surface area contributed by atoms with E-state index in [1.165, 1.54) is 0 Å². The number of rotatable bonds is 3. The molecular formula is C19H18N4OS. The summed E-state index contributed by atoms with van der Waals surface area (Å²) in [7, 11) is 0. The van der Waals surface area contributed by atoms with Crippen molar-refractivity contribution in [1.29, 1.82) is 0 Å². The van der Waals surface area contributed by atoms with Crippen LogP contribution in [0.25, 0.3) is 20.8 Å². The van der Waals surface area contributed by atoms with E-state index in [2.05, 4.69) is 21.4 Å². The predicted molar refractivity (Wildman–Crippen MR) is 99.2 cm³/mol. The number of para-hydroxylation sites is 1. The summed E-state index contributed by atoms with van der Waals surface area (Å²) in [6.07, 6.45) is 5.44. The Morgan fingerprint density at radius 1 is 1.20 bits per heavy atom. The summed E-state index contributed by atoms with van der Waals surface area (Å²) in [4.78, 5) is 21.4. The number of nitrogens with two attached hydrogens (primary N) is 1. The molecule has 2 aliphatic carbocycles. The Morgan fingerprint density at radius 3 is 2.80 bits per heavy atom. The van der Waals surface area contributed by atoms with Crippen molar-refractivity contribution in [2.45, 2.75) is 18.9 Å². The molecule has 3 aromatic rings. The van der Waals surface area contributed by atoms with Crippen molar-refractivity contribution in [2.75, 3.05) is 5.32 Å². The number of aromatic nitrogens is 2. The van der Waals surface area contributed by atoms with E-state index in [9.17, 15) is 4.79 Å². The molecule has 0 aliphatic heterocycles. The van der Waals surface area contributed by atoms with Crippen LogP contribution in [0, 0.1) is 17.8 Å². The zero-order chi connectivity index (χ0) is 17.0. The van der Waals surface area contributed by atoms with Gasteiger partial charge in [0, 0.05) is 23.7 Å². The number of pyridine rings is 1. The fourth-order valence-electron chi connectivity index (χ4n) is 4.12. The monoisotopic (exact) mass is 350 g/mol. The van der Waals surface area contributed by atoms with E-state index < -0.39 is 0 Å². The summed E-state index contributed by atoms with van der Waals surface area (Å²) in [5.74, 6) is 1.20. The number of hydrogen-bond donors (Lipinski definition) is 2. The first-order chi connectivity index (χ1) is 12.2. The molecule has 3 N–H and O–H groups in total. The Bertz CT molecular complexity index is 924. The average Bonchev–Trinajstić information content (AvgIpc) is 2.96. The van der Waals surface area contributed by atoms with Crippen LogP contribution in [0.4, 0.5) is 5.69 Å². The van der Waals surface area contributed by atoms with Gasteiger partial charge >= 0.3 is 0 Å². The van der Waals surface area contributed by atoms with Gasteiger partial charge < -0.3 is 11.1 Å².